The fraction of sp³-hybridized carbons (Fsp3) is 0.316. The number of aryl methyl sites for hydroxylation is 1. The van der Waals surface area contributed by atoms with Crippen LogP contribution in [-0.2, 0) is 22.2 Å². The molecule has 2 aromatic rings. The zero-order chi connectivity index (χ0) is 17.4. The molecule has 4 nitrogen and oxygen atoms in total. The highest BCUT2D eigenvalue weighted by Gasteiger charge is 2.48. The first kappa shape index (κ1) is 18.3. The molecule has 1 N–H and O–H groups in total. The van der Waals surface area contributed by atoms with Gasteiger partial charge in [-0.1, -0.05) is 65.2 Å². The first-order valence-electron chi connectivity index (χ1n) is 7.99. The Labute approximate surface area is 142 Å². The lowest BCUT2D eigenvalue weighted by molar-refractivity contribution is -0.318. The fourth-order valence-electron chi connectivity index (χ4n) is 2.56. The van der Waals surface area contributed by atoms with Gasteiger partial charge in [0.15, 0.2) is 0 Å². The number of unbranched alkanes of at least 4 members (excludes halogenated alkanes) is 1. The lowest BCUT2D eigenvalue weighted by Crippen LogP contribution is -2.47. The summed E-state index contributed by atoms with van der Waals surface area (Å²) in [7, 11) is -2.33. The monoisotopic (exact) mass is 344 g/mol. The van der Waals surface area contributed by atoms with E-state index in [1.54, 1.807) is 30.3 Å². The average Bonchev–Trinajstić information content (AvgIpc) is 2.60. The van der Waals surface area contributed by atoms with E-state index in [1.807, 2.05) is 30.3 Å². The molecule has 126 valence electrons. The zero-order valence-corrected chi connectivity index (χ0v) is 14.3. The number of hydrogen-bond donors (Lipinski definition) is 1. The number of carboxylic acid groups (broad SMARTS) is 1. The van der Waals surface area contributed by atoms with Crippen LogP contribution in [0.2, 0.25) is 0 Å². The van der Waals surface area contributed by atoms with Gasteiger partial charge in [0.25, 0.3) is 0 Å². The van der Waals surface area contributed by atoms with Crippen molar-refractivity contribution < 1.29 is 19.6 Å². The number of rotatable bonds is 9. The Bertz CT molecular complexity index is 672. The van der Waals surface area contributed by atoms with Gasteiger partial charge in [-0.05, 0) is 30.4 Å². The summed E-state index contributed by atoms with van der Waals surface area (Å²) >= 11 is 0. The van der Waals surface area contributed by atoms with Gasteiger partial charge in [0.05, 0.1) is 6.42 Å². The highest BCUT2D eigenvalue weighted by molar-refractivity contribution is 7.47. The molecule has 0 saturated heterocycles. The third-order valence-electron chi connectivity index (χ3n) is 3.95. The standard InChI is InChI=1S/C19H21O4P/c20-18(21)19(22,15-17-12-5-2-6-13-17)24(23)14-8-7-11-16-9-3-1-4-10-16/h1-6,9-10,12-13,22H,7-8,11,14-15H2. The van der Waals surface area contributed by atoms with Crippen LogP contribution >= 0.6 is 7.80 Å². The molecule has 0 heterocycles. The Morgan fingerprint density at radius 1 is 0.958 bits per heavy atom. The molecule has 0 fully saturated rings. The molecule has 24 heavy (non-hydrogen) atoms. The van der Waals surface area contributed by atoms with Crippen molar-refractivity contribution in [3.63, 3.8) is 0 Å². The van der Waals surface area contributed by atoms with E-state index in [-0.39, 0.29) is 12.6 Å². The van der Waals surface area contributed by atoms with Gasteiger partial charge in [-0.2, -0.15) is 0 Å². The Morgan fingerprint density at radius 3 is 2.04 bits per heavy atom. The van der Waals surface area contributed by atoms with E-state index in [0.717, 1.165) is 12.8 Å². The predicted molar refractivity (Wildman–Crippen MR) is 92.0 cm³/mol. The van der Waals surface area contributed by atoms with Crippen LogP contribution in [0.1, 0.15) is 24.0 Å². The van der Waals surface area contributed by atoms with Gasteiger partial charge in [0, 0.05) is 0 Å². The summed E-state index contributed by atoms with van der Waals surface area (Å²) in [6, 6.07) is 18.6. The molecule has 5 heteroatoms. The lowest BCUT2D eigenvalue weighted by Gasteiger charge is -2.19. The SMILES string of the molecule is O=C([O-])C(O)(Cc1ccccc1)[P+](=O)CCCCc1ccccc1. The van der Waals surface area contributed by atoms with E-state index in [0.29, 0.717) is 12.0 Å². The fourth-order valence-corrected chi connectivity index (χ4v) is 4.00. The lowest BCUT2D eigenvalue weighted by atomic mass is 10.1. The summed E-state index contributed by atoms with van der Waals surface area (Å²) in [5.74, 6) is -1.67. The molecule has 0 bridgehead atoms. The Kier molecular flexibility index (Phi) is 6.65. The zero-order valence-electron chi connectivity index (χ0n) is 13.4. The second-order valence-electron chi connectivity index (χ2n) is 5.81. The van der Waals surface area contributed by atoms with Crippen molar-refractivity contribution in [3.8, 4) is 0 Å². The molecule has 0 saturated carbocycles. The molecule has 2 atom stereocenters. The molecule has 2 unspecified atom stereocenters. The van der Waals surface area contributed by atoms with Gasteiger partial charge in [-0.25, -0.2) is 0 Å². The van der Waals surface area contributed by atoms with Gasteiger partial charge in [-0.15, -0.1) is 0 Å². The highest BCUT2D eigenvalue weighted by atomic mass is 31.1. The summed E-state index contributed by atoms with van der Waals surface area (Å²) in [5.41, 5.74) is 1.81. The van der Waals surface area contributed by atoms with Crippen molar-refractivity contribution in [2.45, 2.75) is 31.0 Å². The summed E-state index contributed by atoms with van der Waals surface area (Å²) in [4.78, 5) is 11.4. The maximum Gasteiger partial charge on any atom is 0.380 e. The van der Waals surface area contributed by atoms with Crippen molar-refractivity contribution in [2.24, 2.45) is 0 Å². The molecule has 0 aliphatic rings. The van der Waals surface area contributed by atoms with Gasteiger partial charge in [0.1, 0.15) is 12.1 Å². The smallest absolute Gasteiger partial charge is 0.380 e. The first-order valence-corrected chi connectivity index (χ1v) is 9.43. The molecule has 2 aromatic carbocycles. The highest BCUT2D eigenvalue weighted by Crippen LogP contribution is 2.40. The van der Waals surface area contributed by atoms with E-state index in [2.05, 4.69) is 0 Å². The molecule has 0 aliphatic carbocycles. The number of carbonyl (C=O) groups is 1. The Balaban J connectivity index is 1.90. The molecule has 0 amide bonds. The van der Waals surface area contributed by atoms with Gasteiger partial charge in [-0.3, -0.25) is 0 Å². The van der Waals surface area contributed by atoms with Crippen LogP contribution in [0.5, 0.6) is 0 Å². The minimum absolute atomic E-state index is 0.166. The average molecular weight is 344 g/mol. The molecule has 0 spiro atoms. The van der Waals surface area contributed by atoms with E-state index in [1.165, 1.54) is 5.56 Å². The summed E-state index contributed by atoms with van der Waals surface area (Å²) in [6.45, 7) is 0. The van der Waals surface area contributed by atoms with Crippen molar-refractivity contribution >= 4 is 13.8 Å². The largest absolute Gasteiger partial charge is 0.543 e. The van der Waals surface area contributed by atoms with Crippen molar-refractivity contribution in [2.75, 3.05) is 6.16 Å². The van der Waals surface area contributed by atoms with E-state index < -0.39 is 19.1 Å². The van der Waals surface area contributed by atoms with Crippen molar-refractivity contribution in [3.05, 3.63) is 71.8 Å². The third-order valence-corrected chi connectivity index (χ3v) is 5.84. The summed E-state index contributed by atoms with van der Waals surface area (Å²) < 4.78 is 12.4. The van der Waals surface area contributed by atoms with Crippen LogP contribution in [0, 0.1) is 0 Å². The molecule has 0 aromatic heterocycles. The molecular formula is C19H21O4P. The maximum absolute atomic E-state index is 12.4. The summed E-state index contributed by atoms with van der Waals surface area (Å²) in [6.07, 6.45) is 2.18. The van der Waals surface area contributed by atoms with Crippen LogP contribution in [0.3, 0.4) is 0 Å². The number of carbonyl (C=O) groups excluding carboxylic acids is 1. The number of hydrogen-bond acceptors (Lipinski definition) is 4. The van der Waals surface area contributed by atoms with Crippen LogP contribution in [0.25, 0.3) is 0 Å². The number of benzene rings is 2. The molecular weight excluding hydrogens is 323 g/mol. The maximum atomic E-state index is 12.4. The van der Waals surface area contributed by atoms with Gasteiger partial charge in [0.2, 0.25) is 0 Å². The number of carboxylic acids is 1. The second-order valence-corrected chi connectivity index (χ2v) is 7.76. The van der Waals surface area contributed by atoms with Crippen LogP contribution < -0.4 is 5.11 Å². The van der Waals surface area contributed by atoms with Crippen molar-refractivity contribution in [1.29, 1.82) is 0 Å². The molecule has 0 aliphatic heterocycles. The molecule has 0 radical (unpaired) electrons. The predicted octanol–water partition coefficient (Wildman–Crippen LogP) is 2.52. The van der Waals surface area contributed by atoms with E-state index in [9.17, 15) is 19.6 Å². The minimum atomic E-state index is -2.33. The quantitative estimate of drug-likeness (QED) is 0.560. The number of aliphatic hydroxyl groups is 1. The third kappa shape index (κ3) is 4.98. The van der Waals surface area contributed by atoms with Gasteiger partial charge < -0.3 is 15.0 Å². The van der Waals surface area contributed by atoms with Gasteiger partial charge >= 0.3 is 13.1 Å². The normalized spacial score (nSPS) is 14.0. The van der Waals surface area contributed by atoms with Crippen LogP contribution in [0.15, 0.2) is 60.7 Å². The first-order chi connectivity index (χ1) is 11.5. The van der Waals surface area contributed by atoms with Crippen LogP contribution in [0.4, 0.5) is 0 Å². The Hall–Kier alpha value is -2.03. The second kappa shape index (κ2) is 8.72. The van der Waals surface area contributed by atoms with Crippen LogP contribution in [-0.4, -0.2) is 22.6 Å². The summed E-state index contributed by atoms with van der Waals surface area (Å²) in [5, 5.41) is 19.4. The van der Waals surface area contributed by atoms with E-state index >= 15 is 0 Å². The Morgan fingerprint density at radius 2 is 1.50 bits per heavy atom. The molecule has 2 rings (SSSR count). The van der Waals surface area contributed by atoms with E-state index in [4.69, 9.17) is 0 Å². The minimum Gasteiger partial charge on any atom is -0.543 e. The topological polar surface area (TPSA) is 77.4 Å². The number of aliphatic carboxylic acids is 1. The van der Waals surface area contributed by atoms with Crippen molar-refractivity contribution in [1.82, 2.24) is 0 Å².